The molecule has 1 atom stereocenters. The van der Waals surface area contributed by atoms with E-state index in [1.807, 2.05) is 6.92 Å². The van der Waals surface area contributed by atoms with Crippen molar-refractivity contribution in [1.82, 2.24) is 0 Å². The molecule has 0 heterocycles. The van der Waals surface area contributed by atoms with Crippen LogP contribution in [0.2, 0.25) is 0 Å². The monoisotopic (exact) mass is 196 g/mol. The highest BCUT2D eigenvalue weighted by Crippen LogP contribution is 2.04. The summed E-state index contributed by atoms with van der Waals surface area (Å²) in [6, 6.07) is 0. The molecule has 0 aromatic carbocycles. The number of hydrogen-bond donors (Lipinski definition) is 2. The van der Waals surface area contributed by atoms with Crippen molar-refractivity contribution in [3.63, 3.8) is 0 Å². The maximum Gasteiger partial charge on any atom is 0.264 e. The van der Waals surface area contributed by atoms with Crippen LogP contribution in [-0.4, -0.2) is 29.9 Å². The lowest BCUT2D eigenvalue weighted by atomic mass is 10.1. The maximum atomic E-state index is 10.2. The van der Waals surface area contributed by atoms with Gasteiger partial charge in [0.15, 0.2) is 0 Å². The molecule has 5 heteroatoms. The van der Waals surface area contributed by atoms with Gasteiger partial charge in [-0.3, -0.25) is 4.55 Å². The second kappa shape index (κ2) is 5.50. The highest BCUT2D eigenvalue weighted by molar-refractivity contribution is 7.85. The Morgan fingerprint density at radius 3 is 2.33 bits per heavy atom. The molecule has 0 amide bonds. The summed E-state index contributed by atoms with van der Waals surface area (Å²) in [7, 11) is -3.85. The van der Waals surface area contributed by atoms with Gasteiger partial charge in [-0.05, 0) is 19.3 Å². The highest BCUT2D eigenvalue weighted by atomic mass is 32.2. The molecule has 0 spiro atoms. The fraction of sp³-hybridized carbons (Fsp3) is 1.00. The third kappa shape index (κ3) is 7.97. The van der Waals surface area contributed by atoms with Crippen LogP contribution in [0.3, 0.4) is 0 Å². The lowest BCUT2D eigenvalue weighted by Gasteiger charge is -2.06. The van der Waals surface area contributed by atoms with Gasteiger partial charge in [0.2, 0.25) is 0 Å². The molecule has 0 saturated heterocycles. The zero-order chi connectivity index (χ0) is 9.61. The van der Waals surface area contributed by atoms with E-state index in [-0.39, 0.29) is 5.75 Å². The molecule has 0 rings (SSSR count). The molecule has 0 radical (unpaired) electrons. The lowest BCUT2D eigenvalue weighted by molar-refractivity contribution is 0.153. The van der Waals surface area contributed by atoms with Gasteiger partial charge in [-0.2, -0.15) is 8.42 Å². The lowest BCUT2D eigenvalue weighted by Crippen LogP contribution is -2.10. The summed E-state index contributed by atoms with van der Waals surface area (Å²) in [4.78, 5) is 0. The highest BCUT2D eigenvalue weighted by Gasteiger charge is 2.07. The Bertz CT molecular complexity index is 197. The van der Waals surface area contributed by atoms with E-state index >= 15 is 0 Å². The standard InChI is InChI=1S/C7H16O4S/c1-2-4-7(8)5-3-6-12(9,10)11/h7-8H,2-6H2,1H3,(H,9,10,11). The van der Waals surface area contributed by atoms with Crippen LogP contribution >= 0.6 is 0 Å². The van der Waals surface area contributed by atoms with Gasteiger partial charge in [0, 0.05) is 0 Å². The van der Waals surface area contributed by atoms with Crippen LogP contribution in [0.5, 0.6) is 0 Å². The zero-order valence-corrected chi connectivity index (χ0v) is 8.05. The second-order valence-electron chi connectivity index (χ2n) is 2.87. The average molecular weight is 196 g/mol. The molecule has 2 N–H and O–H groups in total. The summed E-state index contributed by atoms with van der Waals surface area (Å²) < 4.78 is 28.8. The second-order valence-corrected chi connectivity index (χ2v) is 4.44. The Balaban J connectivity index is 3.44. The first-order valence-corrected chi connectivity index (χ1v) is 5.70. The van der Waals surface area contributed by atoms with Crippen molar-refractivity contribution in [2.24, 2.45) is 0 Å². The first kappa shape index (κ1) is 11.9. The number of aliphatic hydroxyl groups is 1. The van der Waals surface area contributed by atoms with E-state index in [1.54, 1.807) is 0 Å². The van der Waals surface area contributed by atoms with Gasteiger partial charge in [0.05, 0.1) is 11.9 Å². The SMILES string of the molecule is CCCC(O)CCCS(=O)(=O)O. The molecule has 0 aromatic rings. The Labute approximate surface area is 73.4 Å². The van der Waals surface area contributed by atoms with Crippen molar-refractivity contribution in [2.75, 3.05) is 5.75 Å². The van der Waals surface area contributed by atoms with Gasteiger partial charge < -0.3 is 5.11 Å². The zero-order valence-electron chi connectivity index (χ0n) is 7.23. The Morgan fingerprint density at radius 1 is 1.33 bits per heavy atom. The summed E-state index contributed by atoms with van der Waals surface area (Å²) in [5.74, 6) is -0.256. The van der Waals surface area contributed by atoms with Gasteiger partial charge in [-0.25, -0.2) is 0 Å². The summed E-state index contributed by atoms with van der Waals surface area (Å²) in [5.41, 5.74) is 0. The molecule has 0 fully saturated rings. The number of hydrogen-bond acceptors (Lipinski definition) is 3. The van der Waals surface area contributed by atoms with E-state index in [0.29, 0.717) is 19.3 Å². The minimum Gasteiger partial charge on any atom is -0.393 e. The van der Waals surface area contributed by atoms with Crippen molar-refractivity contribution in [1.29, 1.82) is 0 Å². The summed E-state index contributed by atoms with van der Waals surface area (Å²) >= 11 is 0. The van der Waals surface area contributed by atoms with Gasteiger partial charge in [0.25, 0.3) is 10.1 Å². The van der Waals surface area contributed by atoms with Gasteiger partial charge in [0.1, 0.15) is 0 Å². The predicted molar refractivity (Wildman–Crippen MR) is 46.6 cm³/mol. The van der Waals surface area contributed by atoms with Gasteiger partial charge >= 0.3 is 0 Å². The summed E-state index contributed by atoms with van der Waals surface area (Å²) in [6.45, 7) is 1.95. The number of rotatable bonds is 6. The van der Waals surface area contributed by atoms with E-state index in [0.717, 1.165) is 6.42 Å². The van der Waals surface area contributed by atoms with Crippen LogP contribution in [0.15, 0.2) is 0 Å². The van der Waals surface area contributed by atoms with Crippen LogP contribution in [0.1, 0.15) is 32.6 Å². The molecule has 0 saturated carbocycles. The third-order valence-corrected chi connectivity index (χ3v) is 2.37. The predicted octanol–water partition coefficient (Wildman–Crippen LogP) is 0.815. The minimum absolute atomic E-state index is 0.256. The van der Waals surface area contributed by atoms with Crippen LogP contribution in [0, 0.1) is 0 Å². The van der Waals surface area contributed by atoms with Crippen LogP contribution in [0.4, 0.5) is 0 Å². The molecule has 12 heavy (non-hydrogen) atoms. The van der Waals surface area contributed by atoms with Crippen LogP contribution in [0.25, 0.3) is 0 Å². The average Bonchev–Trinajstić information content (AvgIpc) is 1.84. The first-order chi connectivity index (χ1) is 5.45. The maximum absolute atomic E-state index is 10.2. The molecular formula is C7H16O4S. The van der Waals surface area contributed by atoms with Gasteiger partial charge in [-0.15, -0.1) is 0 Å². The molecular weight excluding hydrogens is 180 g/mol. The van der Waals surface area contributed by atoms with Crippen molar-refractivity contribution in [3.05, 3.63) is 0 Å². The van der Waals surface area contributed by atoms with E-state index in [4.69, 9.17) is 9.66 Å². The van der Waals surface area contributed by atoms with E-state index in [2.05, 4.69) is 0 Å². The molecule has 0 aromatic heterocycles. The molecule has 4 nitrogen and oxygen atoms in total. The Hall–Kier alpha value is -0.130. The Kier molecular flexibility index (Phi) is 5.44. The van der Waals surface area contributed by atoms with Crippen molar-refractivity contribution in [2.45, 2.75) is 38.7 Å². The fourth-order valence-corrected chi connectivity index (χ4v) is 1.51. The molecule has 1 unspecified atom stereocenters. The number of aliphatic hydroxyl groups excluding tert-OH is 1. The van der Waals surface area contributed by atoms with Crippen molar-refractivity contribution < 1.29 is 18.1 Å². The van der Waals surface area contributed by atoms with E-state index in [1.165, 1.54) is 0 Å². The van der Waals surface area contributed by atoms with E-state index < -0.39 is 16.2 Å². The minimum atomic E-state index is -3.85. The smallest absolute Gasteiger partial charge is 0.264 e. The molecule has 0 aliphatic carbocycles. The van der Waals surface area contributed by atoms with Crippen molar-refractivity contribution >= 4 is 10.1 Å². The molecule has 0 bridgehead atoms. The van der Waals surface area contributed by atoms with E-state index in [9.17, 15) is 8.42 Å². The third-order valence-electron chi connectivity index (χ3n) is 1.56. The largest absolute Gasteiger partial charge is 0.393 e. The van der Waals surface area contributed by atoms with Crippen LogP contribution < -0.4 is 0 Å². The quantitative estimate of drug-likeness (QED) is 0.617. The van der Waals surface area contributed by atoms with Gasteiger partial charge in [-0.1, -0.05) is 13.3 Å². The van der Waals surface area contributed by atoms with Crippen molar-refractivity contribution in [3.8, 4) is 0 Å². The van der Waals surface area contributed by atoms with Crippen LogP contribution in [-0.2, 0) is 10.1 Å². The topological polar surface area (TPSA) is 74.6 Å². The normalized spacial score (nSPS) is 14.6. The summed E-state index contributed by atoms with van der Waals surface area (Å²) in [5, 5.41) is 9.17. The summed E-state index contributed by atoms with van der Waals surface area (Å²) in [6.07, 6.45) is 1.89. The molecule has 74 valence electrons. The first-order valence-electron chi connectivity index (χ1n) is 4.09. The Morgan fingerprint density at radius 2 is 1.92 bits per heavy atom. The molecule has 0 aliphatic rings. The molecule has 0 aliphatic heterocycles. The fourth-order valence-electron chi connectivity index (χ4n) is 0.979.